The monoisotopic (exact) mass is 343 g/mol. The molecule has 3 rings (SSSR count). The Bertz CT molecular complexity index is 688. The molecular formula is C19H25N3O3. The Morgan fingerprint density at radius 2 is 1.68 bits per heavy atom. The SMILES string of the molecule is COc1cc(OC)c(C(c2cccnc2)N2CCNCC2)cc1OC. The molecule has 25 heavy (non-hydrogen) atoms. The topological polar surface area (TPSA) is 55.9 Å². The maximum Gasteiger partial charge on any atom is 0.164 e. The molecule has 0 radical (unpaired) electrons. The molecule has 1 aliphatic rings. The first-order valence-corrected chi connectivity index (χ1v) is 8.43. The molecule has 0 amide bonds. The molecule has 134 valence electrons. The fourth-order valence-electron chi connectivity index (χ4n) is 3.33. The van der Waals surface area contributed by atoms with Gasteiger partial charge in [-0.25, -0.2) is 0 Å². The fourth-order valence-corrected chi connectivity index (χ4v) is 3.33. The van der Waals surface area contributed by atoms with E-state index in [-0.39, 0.29) is 6.04 Å². The minimum absolute atomic E-state index is 0.0468. The Hall–Kier alpha value is -2.31. The number of pyridine rings is 1. The number of hydrogen-bond acceptors (Lipinski definition) is 6. The first kappa shape index (κ1) is 17.5. The number of nitrogens with one attached hydrogen (secondary N) is 1. The van der Waals surface area contributed by atoms with Gasteiger partial charge in [-0.15, -0.1) is 0 Å². The van der Waals surface area contributed by atoms with Crippen LogP contribution in [0.5, 0.6) is 17.2 Å². The number of ether oxygens (including phenoxy) is 3. The third-order valence-electron chi connectivity index (χ3n) is 4.55. The van der Waals surface area contributed by atoms with Crippen molar-refractivity contribution < 1.29 is 14.2 Å². The maximum atomic E-state index is 5.68. The summed E-state index contributed by atoms with van der Waals surface area (Å²) in [4.78, 5) is 6.76. The maximum absolute atomic E-state index is 5.68. The van der Waals surface area contributed by atoms with Crippen molar-refractivity contribution in [2.24, 2.45) is 0 Å². The van der Waals surface area contributed by atoms with Gasteiger partial charge in [0, 0.05) is 50.2 Å². The molecule has 2 heterocycles. The number of nitrogens with zero attached hydrogens (tertiary/aromatic N) is 2. The molecule has 1 fully saturated rings. The highest BCUT2D eigenvalue weighted by Gasteiger charge is 2.28. The molecule has 0 aliphatic carbocycles. The average molecular weight is 343 g/mol. The number of aromatic nitrogens is 1. The van der Waals surface area contributed by atoms with Crippen molar-refractivity contribution in [3.63, 3.8) is 0 Å². The van der Waals surface area contributed by atoms with Crippen molar-refractivity contribution >= 4 is 0 Å². The highest BCUT2D eigenvalue weighted by molar-refractivity contribution is 5.53. The highest BCUT2D eigenvalue weighted by atomic mass is 16.5. The van der Waals surface area contributed by atoms with Crippen LogP contribution in [0.15, 0.2) is 36.7 Å². The van der Waals surface area contributed by atoms with E-state index in [0.717, 1.165) is 43.1 Å². The Balaban J connectivity index is 2.11. The molecule has 0 saturated carbocycles. The quantitative estimate of drug-likeness (QED) is 0.867. The first-order valence-electron chi connectivity index (χ1n) is 8.43. The van der Waals surface area contributed by atoms with Crippen molar-refractivity contribution in [2.45, 2.75) is 6.04 Å². The van der Waals surface area contributed by atoms with Crippen LogP contribution in [0.3, 0.4) is 0 Å². The van der Waals surface area contributed by atoms with Gasteiger partial charge in [-0.1, -0.05) is 6.07 Å². The number of benzene rings is 1. The van der Waals surface area contributed by atoms with Gasteiger partial charge in [-0.05, 0) is 17.7 Å². The summed E-state index contributed by atoms with van der Waals surface area (Å²) in [5, 5.41) is 3.41. The minimum atomic E-state index is 0.0468. The zero-order valence-corrected chi connectivity index (χ0v) is 15.0. The highest BCUT2D eigenvalue weighted by Crippen LogP contribution is 2.41. The van der Waals surface area contributed by atoms with Gasteiger partial charge in [0.15, 0.2) is 11.5 Å². The van der Waals surface area contributed by atoms with E-state index in [1.165, 1.54) is 0 Å². The van der Waals surface area contributed by atoms with Crippen molar-refractivity contribution in [1.82, 2.24) is 15.2 Å². The van der Waals surface area contributed by atoms with Gasteiger partial charge >= 0.3 is 0 Å². The molecule has 1 aromatic carbocycles. The summed E-state index contributed by atoms with van der Waals surface area (Å²) >= 11 is 0. The summed E-state index contributed by atoms with van der Waals surface area (Å²) in [5.41, 5.74) is 2.19. The van der Waals surface area contributed by atoms with E-state index in [1.807, 2.05) is 24.4 Å². The molecule has 1 saturated heterocycles. The van der Waals surface area contributed by atoms with Crippen molar-refractivity contribution in [2.75, 3.05) is 47.5 Å². The first-order chi connectivity index (χ1) is 12.3. The lowest BCUT2D eigenvalue weighted by Gasteiger charge is -2.36. The zero-order chi connectivity index (χ0) is 17.6. The van der Waals surface area contributed by atoms with Crippen LogP contribution in [-0.4, -0.2) is 57.4 Å². The molecular weight excluding hydrogens is 318 g/mol. The lowest BCUT2D eigenvalue weighted by molar-refractivity contribution is 0.194. The van der Waals surface area contributed by atoms with Gasteiger partial charge in [0.25, 0.3) is 0 Å². The summed E-state index contributed by atoms with van der Waals surface area (Å²) in [6.45, 7) is 3.84. The molecule has 0 bridgehead atoms. The smallest absolute Gasteiger partial charge is 0.164 e. The summed E-state index contributed by atoms with van der Waals surface area (Å²) < 4.78 is 16.6. The van der Waals surface area contributed by atoms with Crippen LogP contribution in [0, 0.1) is 0 Å². The van der Waals surface area contributed by atoms with Crippen LogP contribution in [0.25, 0.3) is 0 Å². The summed E-state index contributed by atoms with van der Waals surface area (Å²) in [5.74, 6) is 2.14. The Labute approximate surface area is 148 Å². The fraction of sp³-hybridized carbons (Fsp3) is 0.421. The van der Waals surface area contributed by atoms with Gasteiger partial charge in [0.05, 0.1) is 27.4 Å². The summed E-state index contributed by atoms with van der Waals surface area (Å²) in [7, 11) is 4.96. The average Bonchev–Trinajstić information content (AvgIpc) is 2.69. The summed E-state index contributed by atoms with van der Waals surface area (Å²) in [6.07, 6.45) is 3.72. The van der Waals surface area contributed by atoms with E-state index in [1.54, 1.807) is 27.5 Å². The van der Waals surface area contributed by atoms with Gasteiger partial charge in [0.2, 0.25) is 0 Å². The van der Waals surface area contributed by atoms with E-state index < -0.39 is 0 Å². The predicted octanol–water partition coefficient (Wildman–Crippen LogP) is 2.10. The standard InChI is InChI=1S/C19H25N3O3/c1-23-16-12-18(25-3)17(24-2)11-15(16)19(14-5-4-6-21-13-14)22-9-7-20-8-10-22/h4-6,11-13,19-20H,7-10H2,1-3H3. The number of rotatable bonds is 6. The molecule has 1 N–H and O–H groups in total. The Morgan fingerprint density at radius 3 is 2.28 bits per heavy atom. The second-order valence-electron chi connectivity index (χ2n) is 5.92. The zero-order valence-electron chi connectivity index (χ0n) is 15.0. The molecule has 0 spiro atoms. The predicted molar refractivity (Wildman–Crippen MR) is 96.6 cm³/mol. The molecule has 1 aromatic heterocycles. The molecule has 2 aromatic rings. The minimum Gasteiger partial charge on any atom is -0.496 e. The van der Waals surface area contributed by atoms with Crippen LogP contribution in [-0.2, 0) is 0 Å². The van der Waals surface area contributed by atoms with Crippen molar-refractivity contribution in [3.8, 4) is 17.2 Å². The van der Waals surface area contributed by atoms with Crippen LogP contribution in [0.4, 0.5) is 0 Å². The molecule has 6 nitrogen and oxygen atoms in total. The van der Waals surface area contributed by atoms with Gasteiger partial charge < -0.3 is 19.5 Å². The normalized spacial score (nSPS) is 16.3. The second-order valence-corrected chi connectivity index (χ2v) is 5.92. The van der Waals surface area contributed by atoms with Crippen LogP contribution in [0.2, 0.25) is 0 Å². The molecule has 1 aliphatic heterocycles. The van der Waals surface area contributed by atoms with Crippen LogP contribution >= 0.6 is 0 Å². The molecule has 6 heteroatoms. The van der Waals surface area contributed by atoms with E-state index in [4.69, 9.17) is 14.2 Å². The molecule has 1 atom stereocenters. The lowest BCUT2D eigenvalue weighted by Crippen LogP contribution is -2.45. The second kappa shape index (κ2) is 8.18. The van der Waals surface area contributed by atoms with Gasteiger partial charge in [0.1, 0.15) is 5.75 Å². The van der Waals surface area contributed by atoms with Crippen molar-refractivity contribution in [3.05, 3.63) is 47.8 Å². The van der Waals surface area contributed by atoms with E-state index in [2.05, 4.69) is 21.3 Å². The van der Waals surface area contributed by atoms with E-state index in [0.29, 0.717) is 11.5 Å². The third kappa shape index (κ3) is 3.70. The number of piperazine rings is 1. The largest absolute Gasteiger partial charge is 0.496 e. The van der Waals surface area contributed by atoms with Gasteiger partial charge in [-0.3, -0.25) is 9.88 Å². The third-order valence-corrected chi connectivity index (χ3v) is 4.55. The number of methoxy groups -OCH3 is 3. The lowest BCUT2D eigenvalue weighted by atomic mass is 9.96. The Morgan fingerprint density at radius 1 is 1.00 bits per heavy atom. The van der Waals surface area contributed by atoms with Crippen LogP contribution < -0.4 is 19.5 Å². The summed E-state index contributed by atoms with van der Waals surface area (Å²) in [6, 6.07) is 8.02. The van der Waals surface area contributed by atoms with Crippen LogP contribution in [0.1, 0.15) is 17.2 Å². The van der Waals surface area contributed by atoms with Crippen molar-refractivity contribution in [1.29, 1.82) is 0 Å². The Kier molecular flexibility index (Phi) is 5.73. The van der Waals surface area contributed by atoms with E-state index in [9.17, 15) is 0 Å². The van der Waals surface area contributed by atoms with E-state index >= 15 is 0 Å². The molecule has 1 unspecified atom stereocenters. The number of hydrogen-bond donors (Lipinski definition) is 1. The van der Waals surface area contributed by atoms with Gasteiger partial charge in [-0.2, -0.15) is 0 Å².